The molecule has 0 spiro atoms. The first-order valence-corrected chi connectivity index (χ1v) is 12.0. The van der Waals surface area contributed by atoms with Crippen molar-refractivity contribution in [3.63, 3.8) is 0 Å². The average Bonchev–Trinajstić information content (AvgIpc) is 3.39. The SMILES string of the molecule is COc1ccc(/C=C/C(=O)c2ccc(N3CCCCC3)cc2)cc1COc1ccc2c(c1)OCO2. The summed E-state index contributed by atoms with van der Waals surface area (Å²) in [6.45, 7) is 2.72. The molecule has 0 radical (unpaired) electrons. The second-order valence-corrected chi connectivity index (χ2v) is 8.67. The van der Waals surface area contributed by atoms with Crippen LogP contribution in [-0.4, -0.2) is 32.8 Å². The molecule has 1 saturated heterocycles. The summed E-state index contributed by atoms with van der Waals surface area (Å²) in [7, 11) is 1.63. The van der Waals surface area contributed by atoms with E-state index in [1.165, 1.54) is 24.9 Å². The summed E-state index contributed by atoms with van der Waals surface area (Å²) in [4.78, 5) is 15.1. The molecule has 3 aromatic rings. The van der Waals surface area contributed by atoms with E-state index in [9.17, 15) is 4.79 Å². The summed E-state index contributed by atoms with van der Waals surface area (Å²) >= 11 is 0. The maximum Gasteiger partial charge on any atom is 0.231 e. The number of allylic oxidation sites excluding steroid dienone is 1. The summed E-state index contributed by atoms with van der Waals surface area (Å²) in [5, 5.41) is 0. The van der Waals surface area contributed by atoms with Crippen LogP contribution in [0.5, 0.6) is 23.0 Å². The number of anilines is 1. The molecule has 0 aliphatic carbocycles. The predicted octanol–water partition coefficient (Wildman–Crippen LogP) is 5.89. The Balaban J connectivity index is 1.24. The van der Waals surface area contributed by atoms with Gasteiger partial charge in [0.15, 0.2) is 17.3 Å². The van der Waals surface area contributed by atoms with Crippen LogP contribution >= 0.6 is 0 Å². The van der Waals surface area contributed by atoms with E-state index >= 15 is 0 Å². The molecule has 180 valence electrons. The van der Waals surface area contributed by atoms with Crippen LogP contribution < -0.4 is 23.8 Å². The van der Waals surface area contributed by atoms with Crippen LogP contribution in [0, 0.1) is 0 Å². The molecule has 1 fully saturated rings. The maximum atomic E-state index is 12.7. The molecule has 35 heavy (non-hydrogen) atoms. The molecule has 0 saturated carbocycles. The number of hydrogen-bond donors (Lipinski definition) is 0. The molecule has 0 amide bonds. The van der Waals surface area contributed by atoms with Gasteiger partial charge < -0.3 is 23.8 Å². The molecular formula is C29H29NO5. The number of hydrogen-bond acceptors (Lipinski definition) is 6. The van der Waals surface area contributed by atoms with Gasteiger partial charge in [-0.15, -0.1) is 0 Å². The van der Waals surface area contributed by atoms with Gasteiger partial charge in [-0.1, -0.05) is 12.1 Å². The minimum atomic E-state index is -0.0239. The lowest BCUT2D eigenvalue weighted by Crippen LogP contribution is -2.29. The van der Waals surface area contributed by atoms with Crippen molar-refractivity contribution in [2.24, 2.45) is 0 Å². The first-order valence-electron chi connectivity index (χ1n) is 12.0. The van der Waals surface area contributed by atoms with Crippen molar-refractivity contribution >= 4 is 17.5 Å². The summed E-state index contributed by atoms with van der Waals surface area (Å²) < 4.78 is 22.2. The topological polar surface area (TPSA) is 57.2 Å². The van der Waals surface area contributed by atoms with Crippen molar-refractivity contribution in [3.05, 3.63) is 83.4 Å². The van der Waals surface area contributed by atoms with Crippen LogP contribution in [0.2, 0.25) is 0 Å². The summed E-state index contributed by atoms with van der Waals surface area (Å²) in [6, 6.07) is 19.2. The standard InChI is InChI=1S/C29H29NO5/c1-32-27-13-6-21(17-23(27)19-33-25-11-14-28-29(18-25)35-20-34-28)5-12-26(31)22-7-9-24(10-8-22)30-15-3-2-4-16-30/h5-14,17-18H,2-4,15-16,19-20H2,1H3/b12-5+. The van der Waals surface area contributed by atoms with Crippen LogP contribution in [0.3, 0.4) is 0 Å². The number of benzene rings is 3. The lowest BCUT2D eigenvalue weighted by atomic mass is 10.1. The van der Waals surface area contributed by atoms with Gasteiger partial charge in [0.05, 0.1) is 7.11 Å². The Bertz CT molecular complexity index is 1210. The minimum Gasteiger partial charge on any atom is -0.496 e. The van der Waals surface area contributed by atoms with Gasteiger partial charge in [-0.25, -0.2) is 0 Å². The van der Waals surface area contributed by atoms with E-state index in [-0.39, 0.29) is 12.6 Å². The smallest absolute Gasteiger partial charge is 0.231 e. The molecule has 6 nitrogen and oxygen atoms in total. The third kappa shape index (κ3) is 5.43. The minimum absolute atomic E-state index is 0.0239. The Morgan fingerprint density at radius 1 is 0.943 bits per heavy atom. The highest BCUT2D eigenvalue weighted by atomic mass is 16.7. The van der Waals surface area contributed by atoms with Crippen LogP contribution in [0.4, 0.5) is 5.69 Å². The van der Waals surface area contributed by atoms with Gasteiger partial charge >= 0.3 is 0 Å². The number of rotatable bonds is 8. The van der Waals surface area contributed by atoms with Crippen molar-refractivity contribution < 1.29 is 23.7 Å². The fraction of sp³-hybridized carbons (Fsp3) is 0.276. The maximum absolute atomic E-state index is 12.7. The van der Waals surface area contributed by atoms with Crippen LogP contribution in [0.1, 0.15) is 40.7 Å². The monoisotopic (exact) mass is 471 g/mol. The highest BCUT2D eigenvalue weighted by Gasteiger charge is 2.15. The third-order valence-corrected chi connectivity index (χ3v) is 6.34. The normalized spacial score (nSPS) is 14.8. The molecule has 0 aromatic heterocycles. The van der Waals surface area contributed by atoms with E-state index in [2.05, 4.69) is 4.90 Å². The number of ether oxygens (including phenoxy) is 4. The molecule has 3 aromatic carbocycles. The van der Waals surface area contributed by atoms with E-state index < -0.39 is 0 Å². The van der Waals surface area contributed by atoms with E-state index in [1.54, 1.807) is 13.2 Å². The molecule has 6 heteroatoms. The van der Waals surface area contributed by atoms with Gasteiger partial charge in [0.25, 0.3) is 0 Å². The lowest BCUT2D eigenvalue weighted by Gasteiger charge is -2.28. The van der Waals surface area contributed by atoms with E-state index in [0.717, 1.165) is 30.0 Å². The highest BCUT2D eigenvalue weighted by Crippen LogP contribution is 2.35. The number of methoxy groups -OCH3 is 1. The number of fused-ring (bicyclic) bond motifs is 1. The predicted molar refractivity (Wildman–Crippen MR) is 136 cm³/mol. The molecule has 2 aliphatic heterocycles. The van der Waals surface area contributed by atoms with Crippen molar-refractivity contribution in [1.82, 2.24) is 0 Å². The van der Waals surface area contributed by atoms with E-state index in [1.807, 2.05) is 66.7 Å². The fourth-order valence-electron chi connectivity index (χ4n) is 4.40. The Morgan fingerprint density at radius 3 is 2.54 bits per heavy atom. The van der Waals surface area contributed by atoms with Crippen molar-refractivity contribution in [1.29, 1.82) is 0 Å². The molecule has 0 atom stereocenters. The second kappa shape index (κ2) is 10.6. The second-order valence-electron chi connectivity index (χ2n) is 8.67. The molecule has 0 N–H and O–H groups in total. The van der Waals surface area contributed by atoms with Gasteiger partial charge in [-0.3, -0.25) is 4.79 Å². The zero-order chi connectivity index (χ0) is 24.0. The van der Waals surface area contributed by atoms with Crippen LogP contribution in [0.15, 0.2) is 66.7 Å². The largest absolute Gasteiger partial charge is 0.496 e. The zero-order valence-corrected chi connectivity index (χ0v) is 19.9. The van der Waals surface area contributed by atoms with Gasteiger partial charge in [0.1, 0.15) is 18.1 Å². The number of nitrogens with zero attached hydrogens (tertiary/aromatic N) is 1. The molecule has 2 heterocycles. The Kier molecular flexibility index (Phi) is 6.89. The van der Waals surface area contributed by atoms with Gasteiger partial charge in [-0.2, -0.15) is 0 Å². The van der Waals surface area contributed by atoms with Gasteiger partial charge in [0, 0.05) is 36.0 Å². The van der Waals surface area contributed by atoms with E-state index in [4.69, 9.17) is 18.9 Å². The molecule has 0 bridgehead atoms. The van der Waals surface area contributed by atoms with Crippen molar-refractivity contribution in [3.8, 4) is 23.0 Å². The fourth-order valence-corrected chi connectivity index (χ4v) is 4.40. The average molecular weight is 472 g/mol. The summed E-state index contributed by atoms with van der Waals surface area (Å²) in [5.74, 6) is 2.77. The van der Waals surface area contributed by atoms with Crippen molar-refractivity contribution in [2.45, 2.75) is 25.9 Å². The first kappa shape index (κ1) is 22.8. The molecule has 2 aliphatic rings. The van der Waals surface area contributed by atoms with Crippen molar-refractivity contribution in [2.75, 3.05) is 31.9 Å². The number of piperidine rings is 1. The highest BCUT2D eigenvalue weighted by molar-refractivity contribution is 6.07. The molecular weight excluding hydrogens is 442 g/mol. The molecule has 0 unspecified atom stereocenters. The van der Waals surface area contributed by atoms with Gasteiger partial charge in [0.2, 0.25) is 6.79 Å². The molecule has 5 rings (SSSR count). The zero-order valence-electron chi connectivity index (χ0n) is 19.9. The van der Waals surface area contributed by atoms with Gasteiger partial charge in [-0.05, 0) is 79.4 Å². The summed E-state index contributed by atoms with van der Waals surface area (Å²) in [5.41, 5.74) is 3.65. The third-order valence-electron chi connectivity index (χ3n) is 6.34. The number of carbonyl (C=O) groups excluding carboxylic acids is 1. The lowest BCUT2D eigenvalue weighted by molar-refractivity contribution is 0.104. The van der Waals surface area contributed by atoms with Crippen LogP contribution in [-0.2, 0) is 6.61 Å². The first-order chi connectivity index (χ1) is 17.2. The Hall–Kier alpha value is -3.93. The Labute approximate surface area is 205 Å². The number of carbonyl (C=O) groups is 1. The Morgan fingerprint density at radius 2 is 1.74 bits per heavy atom. The van der Waals surface area contributed by atoms with Crippen LogP contribution in [0.25, 0.3) is 6.08 Å². The van der Waals surface area contributed by atoms with E-state index in [0.29, 0.717) is 29.4 Å². The summed E-state index contributed by atoms with van der Waals surface area (Å²) in [6.07, 6.45) is 7.20. The number of ketones is 1. The quantitative estimate of drug-likeness (QED) is 0.302.